The van der Waals surface area contributed by atoms with Crippen LogP contribution in [0.25, 0.3) is 11.3 Å². The summed E-state index contributed by atoms with van der Waals surface area (Å²) in [5.41, 5.74) is 3.16. The van der Waals surface area contributed by atoms with E-state index in [-0.39, 0.29) is 5.82 Å². The van der Waals surface area contributed by atoms with Crippen LogP contribution in [0.4, 0.5) is 4.39 Å². The molecule has 1 heterocycles. The summed E-state index contributed by atoms with van der Waals surface area (Å²) < 4.78 is 13.6. The second-order valence-electron chi connectivity index (χ2n) is 3.18. The molecule has 0 saturated carbocycles. The molecule has 0 radical (unpaired) electrons. The zero-order valence-electron chi connectivity index (χ0n) is 7.64. The summed E-state index contributed by atoms with van der Waals surface area (Å²) in [6.07, 6.45) is 0. The summed E-state index contributed by atoms with van der Waals surface area (Å²) in [4.78, 5) is 3.17. The van der Waals surface area contributed by atoms with Gasteiger partial charge < -0.3 is 4.98 Å². The fraction of sp³-hybridized carbons (Fsp3) is 0.0909. The van der Waals surface area contributed by atoms with Gasteiger partial charge in [0.05, 0.1) is 4.60 Å². The van der Waals surface area contributed by atoms with E-state index in [1.165, 1.54) is 12.1 Å². The van der Waals surface area contributed by atoms with Crippen LogP contribution in [0.3, 0.4) is 0 Å². The number of H-pyrrole nitrogens is 1. The Morgan fingerprint density at radius 2 is 1.86 bits per heavy atom. The van der Waals surface area contributed by atoms with Gasteiger partial charge in [0, 0.05) is 5.69 Å². The molecule has 1 aromatic heterocycles. The highest BCUT2D eigenvalue weighted by atomic mass is 79.9. The molecule has 3 heteroatoms. The maximum absolute atomic E-state index is 12.7. The van der Waals surface area contributed by atoms with Gasteiger partial charge in [0.15, 0.2) is 0 Å². The van der Waals surface area contributed by atoms with Crippen LogP contribution in [-0.4, -0.2) is 4.98 Å². The molecule has 72 valence electrons. The number of aromatic nitrogens is 1. The Bertz CT molecular complexity index is 445. The van der Waals surface area contributed by atoms with Crippen LogP contribution in [0, 0.1) is 12.7 Å². The lowest BCUT2D eigenvalue weighted by molar-refractivity contribution is 0.628. The Morgan fingerprint density at radius 3 is 2.36 bits per heavy atom. The van der Waals surface area contributed by atoms with E-state index in [1.807, 2.05) is 13.0 Å². The first-order valence-corrected chi connectivity index (χ1v) is 5.07. The van der Waals surface area contributed by atoms with E-state index in [1.54, 1.807) is 12.1 Å². The molecule has 0 atom stereocenters. The molecule has 0 saturated heterocycles. The summed E-state index contributed by atoms with van der Waals surface area (Å²) in [7, 11) is 0. The number of rotatable bonds is 1. The number of benzene rings is 1. The van der Waals surface area contributed by atoms with Crippen LogP contribution in [0.1, 0.15) is 5.56 Å². The Labute approximate surface area is 90.1 Å². The van der Waals surface area contributed by atoms with Gasteiger partial charge >= 0.3 is 0 Å². The van der Waals surface area contributed by atoms with E-state index in [4.69, 9.17) is 0 Å². The van der Waals surface area contributed by atoms with E-state index in [9.17, 15) is 4.39 Å². The van der Waals surface area contributed by atoms with Gasteiger partial charge in [0.1, 0.15) is 5.82 Å². The predicted octanol–water partition coefficient (Wildman–Crippen LogP) is 3.89. The molecule has 0 unspecified atom stereocenters. The summed E-state index contributed by atoms with van der Waals surface area (Å²) >= 11 is 3.37. The van der Waals surface area contributed by atoms with Gasteiger partial charge in [-0.3, -0.25) is 0 Å². The van der Waals surface area contributed by atoms with Crippen LogP contribution in [-0.2, 0) is 0 Å². The molecule has 0 aliphatic heterocycles. The Kier molecular flexibility index (Phi) is 2.42. The van der Waals surface area contributed by atoms with Crippen molar-refractivity contribution in [1.82, 2.24) is 4.98 Å². The molecular formula is C11H9BrFN. The summed E-state index contributed by atoms with van der Waals surface area (Å²) in [5.74, 6) is -0.211. The first-order valence-electron chi connectivity index (χ1n) is 4.28. The number of aromatic amines is 1. The highest BCUT2D eigenvalue weighted by Crippen LogP contribution is 2.25. The average molecular weight is 254 g/mol. The van der Waals surface area contributed by atoms with Crippen molar-refractivity contribution in [2.75, 3.05) is 0 Å². The van der Waals surface area contributed by atoms with Gasteiger partial charge in [-0.05, 0) is 64.3 Å². The second kappa shape index (κ2) is 3.58. The van der Waals surface area contributed by atoms with Crippen molar-refractivity contribution >= 4 is 15.9 Å². The standard InChI is InChI=1S/C11H9BrFN/c1-7-6-10(12)14-11(7)8-2-4-9(13)5-3-8/h2-6,14H,1H3. The van der Waals surface area contributed by atoms with Crippen molar-refractivity contribution in [1.29, 1.82) is 0 Å². The molecular weight excluding hydrogens is 245 g/mol. The van der Waals surface area contributed by atoms with Crippen LogP contribution >= 0.6 is 15.9 Å². The summed E-state index contributed by atoms with van der Waals surface area (Å²) in [6, 6.07) is 8.45. The van der Waals surface area contributed by atoms with Gasteiger partial charge in [-0.15, -0.1) is 0 Å². The number of nitrogens with one attached hydrogen (secondary N) is 1. The molecule has 0 amide bonds. The van der Waals surface area contributed by atoms with Crippen molar-refractivity contribution in [3.63, 3.8) is 0 Å². The highest BCUT2D eigenvalue weighted by Gasteiger charge is 2.04. The third-order valence-corrected chi connectivity index (χ3v) is 2.54. The minimum Gasteiger partial charge on any atom is -0.349 e. The SMILES string of the molecule is Cc1cc(Br)[nH]c1-c1ccc(F)cc1. The lowest BCUT2D eigenvalue weighted by atomic mass is 10.1. The molecule has 0 aliphatic rings. The zero-order chi connectivity index (χ0) is 10.1. The minimum absolute atomic E-state index is 0.211. The Hall–Kier alpha value is -1.09. The van der Waals surface area contributed by atoms with E-state index < -0.39 is 0 Å². The molecule has 0 fully saturated rings. The molecule has 0 spiro atoms. The minimum atomic E-state index is -0.211. The molecule has 2 rings (SSSR count). The number of aryl methyl sites for hydroxylation is 1. The average Bonchev–Trinajstić information content (AvgIpc) is 2.47. The highest BCUT2D eigenvalue weighted by molar-refractivity contribution is 9.10. The van der Waals surface area contributed by atoms with Crippen LogP contribution in [0.2, 0.25) is 0 Å². The molecule has 0 aliphatic carbocycles. The first kappa shape index (κ1) is 9.46. The lowest BCUT2D eigenvalue weighted by Crippen LogP contribution is -1.81. The van der Waals surface area contributed by atoms with Gasteiger partial charge in [0.2, 0.25) is 0 Å². The zero-order valence-corrected chi connectivity index (χ0v) is 9.23. The number of hydrogen-bond donors (Lipinski definition) is 1. The van der Waals surface area contributed by atoms with E-state index in [2.05, 4.69) is 20.9 Å². The predicted molar refractivity (Wildman–Crippen MR) is 58.6 cm³/mol. The van der Waals surface area contributed by atoms with Gasteiger partial charge in [0.25, 0.3) is 0 Å². The summed E-state index contributed by atoms with van der Waals surface area (Å²) in [5, 5.41) is 0. The number of halogens is 2. The van der Waals surface area contributed by atoms with E-state index in [0.717, 1.165) is 21.4 Å². The topological polar surface area (TPSA) is 15.8 Å². The molecule has 2 aromatic rings. The van der Waals surface area contributed by atoms with Crippen molar-refractivity contribution in [3.8, 4) is 11.3 Å². The fourth-order valence-corrected chi connectivity index (χ4v) is 1.97. The third-order valence-electron chi connectivity index (χ3n) is 2.11. The largest absolute Gasteiger partial charge is 0.349 e. The lowest BCUT2D eigenvalue weighted by Gasteiger charge is -1.99. The van der Waals surface area contributed by atoms with Gasteiger partial charge in [-0.25, -0.2) is 4.39 Å². The van der Waals surface area contributed by atoms with Crippen molar-refractivity contribution in [3.05, 3.63) is 46.3 Å². The summed E-state index contributed by atoms with van der Waals surface area (Å²) in [6.45, 7) is 2.01. The normalized spacial score (nSPS) is 10.5. The van der Waals surface area contributed by atoms with Crippen LogP contribution < -0.4 is 0 Å². The molecule has 1 aromatic carbocycles. The smallest absolute Gasteiger partial charge is 0.123 e. The Morgan fingerprint density at radius 1 is 1.21 bits per heavy atom. The number of hydrogen-bond acceptors (Lipinski definition) is 0. The van der Waals surface area contributed by atoms with E-state index in [0.29, 0.717) is 0 Å². The van der Waals surface area contributed by atoms with Crippen molar-refractivity contribution in [2.45, 2.75) is 6.92 Å². The molecule has 1 nitrogen and oxygen atoms in total. The van der Waals surface area contributed by atoms with Crippen molar-refractivity contribution in [2.24, 2.45) is 0 Å². The van der Waals surface area contributed by atoms with Gasteiger partial charge in [-0.2, -0.15) is 0 Å². The van der Waals surface area contributed by atoms with Crippen LogP contribution in [0.15, 0.2) is 34.9 Å². The monoisotopic (exact) mass is 253 g/mol. The fourth-order valence-electron chi connectivity index (χ4n) is 1.43. The Balaban J connectivity index is 2.49. The molecule has 1 N–H and O–H groups in total. The van der Waals surface area contributed by atoms with Crippen LogP contribution in [0.5, 0.6) is 0 Å². The quantitative estimate of drug-likeness (QED) is 0.794. The van der Waals surface area contributed by atoms with Gasteiger partial charge in [-0.1, -0.05) is 0 Å². The first-order chi connectivity index (χ1) is 6.66. The van der Waals surface area contributed by atoms with Crippen molar-refractivity contribution < 1.29 is 4.39 Å². The third kappa shape index (κ3) is 1.73. The second-order valence-corrected chi connectivity index (χ2v) is 4.04. The maximum atomic E-state index is 12.7. The molecule has 14 heavy (non-hydrogen) atoms. The van der Waals surface area contributed by atoms with E-state index >= 15 is 0 Å². The maximum Gasteiger partial charge on any atom is 0.123 e. The molecule has 0 bridgehead atoms.